The summed E-state index contributed by atoms with van der Waals surface area (Å²) in [7, 11) is 1.62. The van der Waals surface area contributed by atoms with Crippen molar-refractivity contribution in [1.82, 2.24) is 0 Å². The molecule has 0 aromatic heterocycles. The molecule has 0 radical (unpaired) electrons. The number of hydrogen-bond donors (Lipinski definition) is 1. The van der Waals surface area contributed by atoms with Crippen molar-refractivity contribution in [3.63, 3.8) is 0 Å². The topological polar surface area (TPSA) is 32.7 Å². The Labute approximate surface area is 121 Å². The summed E-state index contributed by atoms with van der Waals surface area (Å²) in [4.78, 5) is 1.88. The second kappa shape index (κ2) is 6.49. The molecule has 116 valence electrons. The largest absolute Gasteiger partial charge is 0.416 e. The maximum Gasteiger partial charge on any atom is 0.416 e. The van der Waals surface area contributed by atoms with Crippen molar-refractivity contribution in [1.29, 1.82) is 0 Å². The summed E-state index contributed by atoms with van der Waals surface area (Å²) in [5, 5.41) is 9.04. The summed E-state index contributed by atoms with van der Waals surface area (Å²) in [6.45, 7) is 1.16. The third kappa shape index (κ3) is 3.77. The van der Waals surface area contributed by atoms with Gasteiger partial charge >= 0.3 is 6.18 Å². The number of anilines is 1. The van der Waals surface area contributed by atoms with E-state index >= 15 is 0 Å². The summed E-state index contributed by atoms with van der Waals surface area (Å²) >= 11 is 0. The fourth-order valence-electron chi connectivity index (χ4n) is 2.43. The maximum absolute atomic E-state index is 13.0. The molecule has 1 aliphatic rings. The highest BCUT2D eigenvalue weighted by atomic mass is 19.4. The number of nitrogens with zero attached hydrogens (tertiary/aromatic N) is 1. The first-order valence-electron chi connectivity index (χ1n) is 6.68. The van der Waals surface area contributed by atoms with Gasteiger partial charge in [-0.25, -0.2) is 0 Å². The van der Waals surface area contributed by atoms with E-state index in [1.165, 1.54) is 6.07 Å². The smallest absolute Gasteiger partial charge is 0.392 e. The molecule has 1 aromatic rings. The van der Waals surface area contributed by atoms with E-state index in [4.69, 9.17) is 9.84 Å². The molecule has 3 nitrogen and oxygen atoms in total. The fraction of sp³-hybridized carbons (Fsp3) is 0.467. The molecule has 0 aliphatic carbocycles. The molecule has 1 aliphatic heterocycles. The Morgan fingerprint density at radius 1 is 1.33 bits per heavy atom. The van der Waals surface area contributed by atoms with Crippen LogP contribution in [0.1, 0.15) is 17.5 Å². The lowest BCUT2D eigenvalue weighted by atomic mass is 10.0. The van der Waals surface area contributed by atoms with Gasteiger partial charge in [0.05, 0.1) is 18.8 Å². The van der Waals surface area contributed by atoms with Crippen LogP contribution in [0.25, 0.3) is 0 Å². The van der Waals surface area contributed by atoms with Crippen LogP contribution >= 0.6 is 0 Å². The summed E-state index contributed by atoms with van der Waals surface area (Å²) in [6, 6.07) is 4.07. The lowest BCUT2D eigenvalue weighted by Crippen LogP contribution is -2.29. The molecule has 6 heteroatoms. The highest BCUT2D eigenvalue weighted by Gasteiger charge is 2.33. The van der Waals surface area contributed by atoms with Crippen molar-refractivity contribution in [2.45, 2.75) is 19.2 Å². The van der Waals surface area contributed by atoms with E-state index in [0.717, 1.165) is 18.1 Å². The van der Waals surface area contributed by atoms with E-state index in [2.05, 4.69) is 0 Å². The van der Waals surface area contributed by atoms with Crippen molar-refractivity contribution in [2.75, 3.05) is 31.7 Å². The predicted octanol–water partition coefficient (Wildman–Crippen LogP) is 2.98. The van der Waals surface area contributed by atoms with Crippen molar-refractivity contribution >= 4 is 5.69 Å². The molecule has 0 fully saturated rings. The molecule has 0 unspecified atom stereocenters. The number of halogens is 3. The van der Waals surface area contributed by atoms with Gasteiger partial charge in [-0.15, -0.1) is 0 Å². The fourth-order valence-corrected chi connectivity index (χ4v) is 2.43. The van der Waals surface area contributed by atoms with Gasteiger partial charge in [0.2, 0.25) is 0 Å². The van der Waals surface area contributed by atoms with Crippen LogP contribution in [0.3, 0.4) is 0 Å². The van der Waals surface area contributed by atoms with Crippen LogP contribution in [0, 0.1) is 0 Å². The van der Waals surface area contributed by atoms with Crippen LogP contribution in [-0.2, 0) is 17.5 Å². The molecule has 0 amide bonds. The van der Waals surface area contributed by atoms with Crippen LogP contribution in [0.15, 0.2) is 29.8 Å². The molecule has 1 aromatic carbocycles. The number of hydrogen-bond acceptors (Lipinski definition) is 3. The van der Waals surface area contributed by atoms with Gasteiger partial charge in [0.1, 0.15) is 0 Å². The highest BCUT2D eigenvalue weighted by molar-refractivity contribution is 5.53. The van der Waals surface area contributed by atoms with Crippen LogP contribution < -0.4 is 4.90 Å². The standard InChI is InChI=1S/C15H18F3NO2/c1-21-10-11-4-6-19(7-5-11)13-3-2-12(9-20)14(8-13)15(16,17)18/h2-4,8,20H,5-7,9-10H2,1H3. The summed E-state index contributed by atoms with van der Waals surface area (Å²) in [5.74, 6) is 0. The lowest BCUT2D eigenvalue weighted by molar-refractivity contribution is -0.138. The number of ether oxygens (including phenoxy) is 1. The Morgan fingerprint density at radius 3 is 2.62 bits per heavy atom. The van der Waals surface area contributed by atoms with Gasteiger partial charge in [-0.05, 0) is 29.7 Å². The van der Waals surface area contributed by atoms with Crippen molar-refractivity contribution in [3.8, 4) is 0 Å². The summed E-state index contributed by atoms with van der Waals surface area (Å²) in [5.41, 5.74) is 0.817. The van der Waals surface area contributed by atoms with Gasteiger partial charge in [0.15, 0.2) is 0 Å². The SMILES string of the molecule is COCC1=CCN(c2ccc(CO)c(C(F)(F)F)c2)CC1. The molecule has 21 heavy (non-hydrogen) atoms. The molecule has 2 rings (SSSR count). The molecular formula is C15H18F3NO2. The predicted molar refractivity (Wildman–Crippen MR) is 74.2 cm³/mol. The average Bonchev–Trinajstić information content (AvgIpc) is 2.47. The Balaban J connectivity index is 2.22. The first-order chi connectivity index (χ1) is 9.95. The van der Waals surface area contributed by atoms with E-state index in [0.29, 0.717) is 25.4 Å². The summed E-state index contributed by atoms with van der Waals surface area (Å²) < 4.78 is 44.0. The second-order valence-corrected chi connectivity index (χ2v) is 4.99. The Hall–Kier alpha value is -1.53. The molecular weight excluding hydrogens is 283 g/mol. The van der Waals surface area contributed by atoms with E-state index in [1.54, 1.807) is 13.2 Å². The van der Waals surface area contributed by atoms with E-state index in [9.17, 15) is 13.2 Å². The number of aliphatic hydroxyl groups is 1. The Bertz CT molecular complexity index is 526. The number of methoxy groups -OCH3 is 1. The average molecular weight is 301 g/mol. The third-order valence-electron chi connectivity index (χ3n) is 3.57. The monoisotopic (exact) mass is 301 g/mol. The molecule has 0 spiro atoms. The molecule has 1 heterocycles. The van der Waals surface area contributed by atoms with Gasteiger partial charge in [-0.1, -0.05) is 12.1 Å². The van der Waals surface area contributed by atoms with Crippen LogP contribution in [0.4, 0.5) is 18.9 Å². The zero-order chi connectivity index (χ0) is 15.5. The maximum atomic E-state index is 13.0. The minimum atomic E-state index is -4.46. The van der Waals surface area contributed by atoms with Crippen molar-refractivity contribution < 1.29 is 23.0 Å². The molecule has 0 saturated carbocycles. The minimum absolute atomic E-state index is 0.0983. The quantitative estimate of drug-likeness (QED) is 0.868. The minimum Gasteiger partial charge on any atom is -0.392 e. The van der Waals surface area contributed by atoms with E-state index < -0.39 is 18.3 Å². The van der Waals surface area contributed by atoms with Gasteiger partial charge in [0.25, 0.3) is 0 Å². The normalized spacial score (nSPS) is 16.0. The number of aliphatic hydroxyl groups excluding tert-OH is 1. The van der Waals surface area contributed by atoms with Gasteiger partial charge in [-0.3, -0.25) is 0 Å². The van der Waals surface area contributed by atoms with Crippen LogP contribution in [0.2, 0.25) is 0 Å². The Kier molecular flexibility index (Phi) is 4.90. The molecule has 0 bridgehead atoms. The number of alkyl halides is 3. The van der Waals surface area contributed by atoms with Crippen molar-refractivity contribution in [3.05, 3.63) is 41.0 Å². The second-order valence-electron chi connectivity index (χ2n) is 4.99. The Morgan fingerprint density at radius 2 is 2.10 bits per heavy atom. The highest BCUT2D eigenvalue weighted by Crippen LogP contribution is 2.35. The van der Waals surface area contributed by atoms with Crippen molar-refractivity contribution in [2.24, 2.45) is 0 Å². The molecule has 0 atom stereocenters. The first kappa shape index (κ1) is 15.9. The van der Waals surface area contributed by atoms with E-state index in [1.807, 2.05) is 11.0 Å². The summed E-state index contributed by atoms with van der Waals surface area (Å²) in [6.07, 6.45) is -1.70. The van der Waals surface area contributed by atoms with Gasteiger partial charge < -0.3 is 14.7 Å². The number of rotatable bonds is 4. The zero-order valence-corrected chi connectivity index (χ0v) is 11.8. The first-order valence-corrected chi connectivity index (χ1v) is 6.68. The third-order valence-corrected chi connectivity index (χ3v) is 3.57. The zero-order valence-electron chi connectivity index (χ0n) is 11.8. The molecule has 0 saturated heterocycles. The van der Waals surface area contributed by atoms with Gasteiger partial charge in [0, 0.05) is 25.9 Å². The van der Waals surface area contributed by atoms with Crippen LogP contribution in [0.5, 0.6) is 0 Å². The van der Waals surface area contributed by atoms with E-state index in [-0.39, 0.29) is 5.56 Å². The molecule has 1 N–H and O–H groups in total. The van der Waals surface area contributed by atoms with Crippen LogP contribution in [-0.4, -0.2) is 31.9 Å². The lowest BCUT2D eigenvalue weighted by Gasteiger charge is -2.29. The van der Waals surface area contributed by atoms with Gasteiger partial charge in [-0.2, -0.15) is 13.2 Å². The number of benzene rings is 1.